The molecule has 1 aromatic heterocycles. The van der Waals surface area contributed by atoms with Crippen molar-refractivity contribution in [3.05, 3.63) is 88.8 Å². The number of carbonyl (C=O) groups excluding carboxylic acids is 2. The van der Waals surface area contributed by atoms with E-state index in [-0.39, 0.29) is 34.1 Å². The number of rotatable bonds is 7. The Hall–Kier alpha value is -4.15. The molecule has 2 heterocycles. The fourth-order valence-electron chi connectivity index (χ4n) is 5.13. The zero-order valence-corrected chi connectivity index (χ0v) is 23.3. The SMILES string of the molecule is N#Cc1ccnc(N2[C@H](C(=O)N(c3cccc(F)c3)[C@H](C(=O)NC3CC(F)(F)C3)c3ccccc3Cl)CCS2(=O)=O)c1. The largest absolute Gasteiger partial charge is 0.351 e. The minimum absolute atomic E-state index is 0.0603. The molecule has 5 rings (SSSR count). The Morgan fingerprint density at radius 3 is 2.55 bits per heavy atom. The second kappa shape index (κ2) is 11.3. The number of anilines is 2. The van der Waals surface area contributed by atoms with Gasteiger partial charge in [-0.25, -0.2) is 30.9 Å². The highest BCUT2D eigenvalue weighted by atomic mass is 35.5. The van der Waals surface area contributed by atoms with E-state index in [9.17, 15) is 36.4 Å². The number of aromatic nitrogens is 1. The third kappa shape index (κ3) is 5.77. The maximum absolute atomic E-state index is 14.5. The van der Waals surface area contributed by atoms with Crippen molar-refractivity contribution in [2.24, 2.45) is 0 Å². The number of benzene rings is 2. The lowest BCUT2D eigenvalue weighted by Gasteiger charge is -2.39. The van der Waals surface area contributed by atoms with Crippen LogP contribution >= 0.6 is 11.6 Å². The number of nitrogens with zero attached hydrogens (tertiary/aromatic N) is 4. The minimum atomic E-state index is -4.10. The lowest BCUT2D eigenvalue weighted by Crippen LogP contribution is -2.56. The first kappa shape index (κ1) is 29.3. The van der Waals surface area contributed by atoms with Gasteiger partial charge in [-0.3, -0.25) is 14.5 Å². The van der Waals surface area contributed by atoms with E-state index in [4.69, 9.17) is 11.6 Å². The molecule has 0 spiro atoms. The molecule has 0 radical (unpaired) electrons. The van der Waals surface area contributed by atoms with Gasteiger partial charge in [-0.1, -0.05) is 35.9 Å². The average molecular weight is 618 g/mol. The quantitative estimate of drug-likeness (QED) is 0.421. The Morgan fingerprint density at radius 1 is 1.14 bits per heavy atom. The fourth-order valence-corrected chi connectivity index (χ4v) is 7.06. The third-order valence-electron chi connectivity index (χ3n) is 7.08. The van der Waals surface area contributed by atoms with E-state index < -0.39 is 70.3 Å². The van der Waals surface area contributed by atoms with Gasteiger partial charge in [0.05, 0.1) is 17.4 Å². The van der Waals surface area contributed by atoms with E-state index in [0.717, 1.165) is 21.3 Å². The van der Waals surface area contributed by atoms with E-state index in [1.54, 1.807) is 12.1 Å². The molecule has 2 fully saturated rings. The smallest absolute Gasteiger partial charge is 0.252 e. The minimum Gasteiger partial charge on any atom is -0.351 e. The van der Waals surface area contributed by atoms with Gasteiger partial charge in [-0.2, -0.15) is 5.26 Å². The van der Waals surface area contributed by atoms with Crippen molar-refractivity contribution >= 4 is 44.9 Å². The maximum atomic E-state index is 14.5. The number of hydrogen-bond acceptors (Lipinski definition) is 6. The van der Waals surface area contributed by atoms with Gasteiger partial charge in [0, 0.05) is 41.4 Å². The van der Waals surface area contributed by atoms with Crippen LogP contribution in [-0.2, 0) is 19.6 Å². The van der Waals surface area contributed by atoms with Crippen LogP contribution in [0.5, 0.6) is 0 Å². The van der Waals surface area contributed by atoms with Gasteiger partial charge < -0.3 is 5.32 Å². The molecule has 3 aromatic rings. The van der Waals surface area contributed by atoms with Gasteiger partial charge in [0.25, 0.3) is 11.8 Å². The predicted octanol–water partition coefficient (Wildman–Crippen LogP) is 4.34. The number of halogens is 4. The Kier molecular flexibility index (Phi) is 7.87. The molecule has 1 saturated carbocycles. The molecule has 218 valence electrons. The summed E-state index contributed by atoms with van der Waals surface area (Å²) in [7, 11) is -4.10. The summed E-state index contributed by atoms with van der Waals surface area (Å²) in [6, 6.07) is 11.4. The van der Waals surface area contributed by atoms with Gasteiger partial charge in [0.1, 0.15) is 23.7 Å². The molecule has 1 saturated heterocycles. The topological polar surface area (TPSA) is 123 Å². The van der Waals surface area contributed by atoms with Crippen LogP contribution in [0.2, 0.25) is 5.02 Å². The summed E-state index contributed by atoms with van der Waals surface area (Å²) in [5.41, 5.74) is 0.111. The molecule has 14 heteroatoms. The van der Waals surface area contributed by atoms with Crippen molar-refractivity contribution < 1.29 is 31.2 Å². The predicted molar refractivity (Wildman–Crippen MR) is 148 cm³/mol. The van der Waals surface area contributed by atoms with Crippen LogP contribution in [0, 0.1) is 17.1 Å². The standard InChI is InChI=1S/C28H23ClF3N5O4S/c29-22-7-2-1-6-21(22)25(26(38)35-19-14-28(31,32)15-19)36(20-5-3-4-18(30)13-20)27(39)23-9-11-42(40,41)37(23)24-12-17(16-33)8-10-34-24/h1-8,10,12-13,19,23,25H,9,11,14-15H2,(H,35,38)/t23-,25-/m0/s1. The molecule has 42 heavy (non-hydrogen) atoms. The second-order valence-corrected chi connectivity index (χ2v) is 12.4. The summed E-state index contributed by atoms with van der Waals surface area (Å²) in [5, 5.41) is 11.9. The third-order valence-corrected chi connectivity index (χ3v) is 9.22. The fraction of sp³-hybridized carbons (Fsp3) is 0.286. The van der Waals surface area contributed by atoms with Crippen LogP contribution in [0.3, 0.4) is 0 Å². The zero-order chi connectivity index (χ0) is 30.2. The van der Waals surface area contributed by atoms with Gasteiger partial charge in [0.2, 0.25) is 15.9 Å². The Balaban J connectivity index is 1.63. The number of nitrogens with one attached hydrogen (secondary N) is 1. The summed E-state index contributed by atoms with van der Waals surface area (Å²) in [4.78, 5) is 33.3. The van der Waals surface area contributed by atoms with Gasteiger partial charge in [0.15, 0.2) is 0 Å². The first-order valence-electron chi connectivity index (χ1n) is 12.8. The summed E-state index contributed by atoms with van der Waals surface area (Å²) in [6.45, 7) is 0. The summed E-state index contributed by atoms with van der Waals surface area (Å²) >= 11 is 6.46. The summed E-state index contributed by atoms with van der Waals surface area (Å²) < 4.78 is 68.8. The summed E-state index contributed by atoms with van der Waals surface area (Å²) in [5.74, 6) is -6.09. The number of alkyl halides is 2. The average Bonchev–Trinajstić information content (AvgIpc) is 3.25. The lowest BCUT2D eigenvalue weighted by molar-refractivity contribution is -0.133. The van der Waals surface area contributed by atoms with Crippen LogP contribution < -0.4 is 14.5 Å². The number of amides is 2. The monoisotopic (exact) mass is 617 g/mol. The second-order valence-electron chi connectivity index (χ2n) is 10.0. The summed E-state index contributed by atoms with van der Waals surface area (Å²) in [6.07, 6.45) is -0.186. The van der Waals surface area contributed by atoms with E-state index >= 15 is 0 Å². The van der Waals surface area contributed by atoms with Crippen molar-refractivity contribution in [2.45, 2.75) is 43.3 Å². The van der Waals surface area contributed by atoms with E-state index in [1.807, 2.05) is 6.07 Å². The van der Waals surface area contributed by atoms with Crippen LogP contribution in [0.15, 0.2) is 66.9 Å². The number of sulfonamides is 1. The highest BCUT2D eigenvalue weighted by Crippen LogP contribution is 2.40. The normalized spacial score (nSPS) is 19.8. The molecule has 1 aliphatic heterocycles. The molecule has 2 aliphatic rings. The zero-order valence-electron chi connectivity index (χ0n) is 21.8. The number of nitriles is 1. The highest BCUT2D eigenvalue weighted by molar-refractivity contribution is 7.93. The Labute approximate surface area is 244 Å². The molecule has 0 unspecified atom stereocenters. The number of hydrogen-bond donors (Lipinski definition) is 1. The molecule has 9 nitrogen and oxygen atoms in total. The van der Waals surface area contributed by atoms with Crippen molar-refractivity contribution in [3.8, 4) is 6.07 Å². The first-order chi connectivity index (χ1) is 19.9. The number of pyridine rings is 1. The molecule has 1 aliphatic carbocycles. The molecular formula is C28H23ClF3N5O4S. The van der Waals surface area contributed by atoms with Crippen LogP contribution in [-0.4, -0.2) is 49.0 Å². The van der Waals surface area contributed by atoms with E-state index in [2.05, 4.69) is 10.3 Å². The van der Waals surface area contributed by atoms with Crippen molar-refractivity contribution in [1.29, 1.82) is 5.26 Å². The van der Waals surface area contributed by atoms with Crippen LogP contribution in [0.4, 0.5) is 24.7 Å². The van der Waals surface area contributed by atoms with E-state index in [0.29, 0.717) is 0 Å². The van der Waals surface area contributed by atoms with Gasteiger partial charge in [-0.05, 0) is 42.8 Å². The maximum Gasteiger partial charge on any atom is 0.252 e. The lowest BCUT2D eigenvalue weighted by atomic mass is 9.87. The number of carbonyl (C=O) groups is 2. The molecular weight excluding hydrogens is 595 g/mol. The molecule has 0 bridgehead atoms. The highest BCUT2D eigenvalue weighted by Gasteiger charge is 2.49. The van der Waals surface area contributed by atoms with Crippen LogP contribution in [0.1, 0.15) is 36.4 Å². The van der Waals surface area contributed by atoms with Crippen LogP contribution in [0.25, 0.3) is 0 Å². The van der Waals surface area contributed by atoms with Crippen molar-refractivity contribution in [3.63, 3.8) is 0 Å². The van der Waals surface area contributed by atoms with Crippen molar-refractivity contribution in [1.82, 2.24) is 10.3 Å². The first-order valence-corrected chi connectivity index (χ1v) is 14.8. The Morgan fingerprint density at radius 2 is 1.88 bits per heavy atom. The van der Waals surface area contributed by atoms with Gasteiger partial charge in [-0.15, -0.1) is 0 Å². The molecule has 1 N–H and O–H groups in total. The van der Waals surface area contributed by atoms with Gasteiger partial charge >= 0.3 is 0 Å². The molecule has 2 atom stereocenters. The Bertz CT molecular complexity index is 1690. The molecule has 2 amide bonds. The van der Waals surface area contributed by atoms with E-state index in [1.165, 1.54) is 42.6 Å². The molecule has 2 aromatic carbocycles. The van der Waals surface area contributed by atoms with Crippen molar-refractivity contribution in [2.75, 3.05) is 15.0 Å².